The second-order valence-electron chi connectivity index (χ2n) is 15.1. The first-order valence-electron chi connectivity index (χ1n) is 18.1. The van der Waals surface area contributed by atoms with Crippen LogP contribution in [0.5, 0.6) is 5.75 Å². The number of nitrogens with zero attached hydrogens (tertiary/aromatic N) is 3. The molecule has 3 atom stereocenters. The van der Waals surface area contributed by atoms with Crippen molar-refractivity contribution in [1.29, 1.82) is 0 Å². The Morgan fingerprint density at radius 3 is 2.40 bits per heavy atom. The van der Waals surface area contributed by atoms with Crippen molar-refractivity contribution in [3.05, 3.63) is 41.2 Å². The molecule has 0 amide bonds. The van der Waals surface area contributed by atoms with Gasteiger partial charge in [-0.15, -0.1) is 5.10 Å². The van der Waals surface area contributed by atoms with E-state index in [0.29, 0.717) is 62.3 Å². The highest BCUT2D eigenvalue weighted by atomic mass is 16.5. The Morgan fingerprint density at radius 2 is 1.68 bits per heavy atom. The van der Waals surface area contributed by atoms with Crippen molar-refractivity contribution in [3.63, 3.8) is 0 Å². The number of hydrogen-bond donors (Lipinski definition) is 1. The van der Waals surface area contributed by atoms with E-state index in [9.17, 15) is 9.59 Å². The van der Waals surface area contributed by atoms with Gasteiger partial charge in [0.2, 0.25) is 0 Å². The van der Waals surface area contributed by atoms with Crippen molar-refractivity contribution in [2.24, 2.45) is 23.2 Å². The van der Waals surface area contributed by atoms with E-state index >= 15 is 0 Å². The Kier molecular flexibility index (Phi) is 13.8. The SMILES string of the molecule is CCC(C)(C)CCOCCCC(=O)OC[C@H]1[C@@H]2CCc3c(nnn3CCCCC(=O)c3ccc(OCCC(C)(C)NC)cc3)CC[C@@H]21. The molecule has 1 aromatic carbocycles. The second-order valence-corrected chi connectivity index (χ2v) is 15.1. The number of ketones is 1. The highest BCUT2D eigenvalue weighted by molar-refractivity contribution is 5.96. The van der Waals surface area contributed by atoms with Crippen LogP contribution in [0.4, 0.5) is 0 Å². The third kappa shape index (κ3) is 11.7. The van der Waals surface area contributed by atoms with E-state index in [1.54, 1.807) is 0 Å². The molecule has 1 fully saturated rings. The zero-order chi connectivity index (χ0) is 33.9. The average molecular weight is 653 g/mol. The van der Waals surface area contributed by atoms with E-state index in [-0.39, 0.29) is 17.3 Å². The lowest BCUT2D eigenvalue weighted by molar-refractivity contribution is -0.144. The monoisotopic (exact) mass is 652 g/mol. The summed E-state index contributed by atoms with van der Waals surface area (Å²) in [5.41, 5.74) is 3.43. The summed E-state index contributed by atoms with van der Waals surface area (Å²) in [5.74, 6) is 2.54. The summed E-state index contributed by atoms with van der Waals surface area (Å²) in [6, 6.07) is 7.51. The Bertz CT molecular complexity index is 1270. The molecule has 0 bridgehead atoms. The third-order valence-corrected chi connectivity index (χ3v) is 10.7. The van der Waals surface area contributed by atoms with Crippen molar-refractivity contribution < 1.29 is 23.8 Å². The summed E-state index contributed by atoms with van der Waals surface area (Å²) in [5, 5.41) is 12.3. The Hall–Kier alpha value is -2.78. The van der Waals surface area contributed by atoms with Crippen molar-refractivity contribution in [2.75, 3.05) is 33.5 Å². The highest BCUT2D eigenvalue weighted by Crippen LogP contribution is 2.53. The summed E-state index contributed by atoms with van der Waals surface area (Å²) in [6.45, 7) is 14.3. The number of benzene rings is 1. The average Bonchev–Trinajstić information content (AvgIpc) is 3.56. The van der Waals surface area contributed by atoms with Gasteiger partial charge in [-0.3, -0.25) is 9.59 Å². The fourth-order valence-corrected chi connectivity index (χ4v) is 6.44. The topological polar surface area (TPSA) is 105 Å². The molecule has 47 heavy (non-hydrogen) atoms. The minimum atomic E-state index is -0.105. The molecule has 1 N–H and O–H groups in total. The van der Waals surface area contributed by atoms with E-state index in [1.165, 1.54) is 5.69 Å². The van der Waals surface area contributed by atoms with Crippen LogP contribution in [0.3, 0.4) is 0 Å². The number of rotatable bonds is 21. The molecule has 2 aliphatic rings. The fourth-order valence-electron chi connectivity index (χ4n) is 6.44. The molecule has 0 aliphatic heterocycles. The normalized spacial score (nSPS) is 19.3. The summed E-state index contributed by atoms with van der Waals surface area (Å²) < 4.78 is 19.3. The Labute approximate surface area is 282 Å². The summed E-state index contributed by atoms with van der Waals surface area (Å²) >= 11 is 0. The maximum Gasteiger partial charge on any atom is 0.305 e. The van der Waals surface area contributed by atoms with Crippen molar-refractivity contribution >= 4 is 11.8 Å². The van der Waals surface area contributed by atoms with Crippen molar-refractivity contribution in [1.82, 2.24) is 20.3 Å². The molecule has 0 radical (unpaired) electrons. The second kappa shape index (κ2) is 17.6. The van der Waals surface area contributed by atoms with E-state index < -0.39 is 0 Å². The minimum Gasteiger partial charge on any atom is -0.494 e. The first kappa shape index (κ1) is 37.0. The number of aromatic nitrogens is 3. The van der Waals surface area contributed by atoms with Crippen LogP contribution in [0.25, 0.3) is 0 Å². The van der Waals surface area contributed by atoms with Gasteiger partial charge in [0.1, 0.15) is 5.75 Å². The molecular weight excluding hydrogens is 592 g/mol. The predicted octanol–water partition coefficient (Wildman–Crippen LogP) is 7.01. The molecule has 0 unspecified atom stereocenters. The molecule has 1 heterocycles. The van der Waals surface area contributed by atoms with Crippen molar-refractivity contribution in [2.45, 2.75) is 124 Å². The van der Waals surface area contributed by atoms with Crippen LogP contribution in [-0.4, -0.2) is 65.8 Å². The van der Waals surface area contributed by atoms with Gasteiger partial charge in [-0.25, -0.2) is 4.68 Å². The maximum atomic E-state index is 12.8. The highest BCUT2D eigenvalue weighted by Gasteiger charge is 2.50. The maximum absolute atomic E-state index is 12.8. The standard InChI is InChI=1S/C38H60N4O5/c1-7-37(2,3)21-25-45-24-10-12-36(44)47-27-32-30-17-19-33-34(20-18-31(30)32)42(41-40-33)23-9-8-11-35(43)28-13-15-29(16-14-28)46-26-22-38(4,5)39-6/h13-16,30-32,39H,7-12,17-27H2,1-6H3/t30-,31+,32+/m0/s1. The van der Waals surface area contributed by atoms with E-state index in [2.05, 4.69) is 54.9 Å². The summed E-state index contributed by atoms with van der Waals surface area (Å²) in [6.07, 6.45) is 10.5. The Balaban J connectivity index is 1.10. The predicted molar refractivity (Wildman–Crippen MR) is 185 cm³/mol. The third-order valence-electron chi connectivity index (χ3n) is 10.7. The van der Waals surface area contributed by atoms with Crippen LogP contribution in [-0.2, 0) is 33.7 Å². The number of ether oxygens (including phenoxy) is 3. The van der Waals surface area contributed by atoms with Gasteiger partial charge in [-0.2, -0.15) is 0 Å². The van der Waals surface area contributed by atoms with E-state index in [1.807, 2.05) is 31.3 Å². The molecule has 0 spiro atoms. The number of esters is 1. The van der Waals surface area contributed by atoms with Gasteiger partial charge in [0.15, 0.2) is 5.78 Å². The van der Waals surface area contributed by atoms with Gasteiger partial charge in [0.05, 0.1) is 24.6 Å². The van der Waals surface area contributed by atoms with Gasteiger partial charge in [0, 0.05) is 43.7 Å². The zero-order valence-corrected chi connectivity index (χ0v) is 29.9. The Morgan fingerprint density at radius 1 is 0.936 bits per heavy atom. The molecule has 9 nitrogen and oxygen atoms in total. The number of unbranched alkanes of at least 4 members (excludes halogenated alkanes) is 1. The molecule has 0 saturated heterocycles. The largest absolute Gasteiger partial charge is 0.494 e. The smallest absolute Gasteiger partial charge is 0.305 e. The number of fused-ring (bicyclic) bond motifs is 2. The van der Waals surface area contributed by atoms with E-state index in [0.717, 1.165) is 87.9 Å². The van der Waals surface area contributed by atoms with Crippen molar-refractivity contribution in [3.8, 4) is 5.75 Å². The lowest BCUT2D eigenvalue weighted by atomic mass is 9.87. The molecule has 2 aromatic rings. The quantitative estimate of drug-likeness (QED) is 0.0873. The molecule has 262 valence electrons. The van der Waals surface area contributed by atoms with E-state index in [4.69, 9.17) is 14.2 Å². The molecular formula is C38H60N4O5. The number of nitrogens with one attached hydrogen (secondary N) is 1. The number of carbonyl (C=O) groups is 2. The number of carbonyl (C=O) groups excluding carboxylic acids is 2. The van der Waals surface area contributed by atoms with Crippen LogP contribution in [0.15, 0.2) is 24.3 Å². The molecule has 1 aromatic heterocycles. The number of aryl methyl sites for hydroxylation is 2. The van der Waals surface area contributed by atoms with Gasteiger partial charge >= 0.3 is 5.97 Å². The van der Waals surface area contributed by atoms with Crippen LogP contribution in [0.1, 0.15) is 121 Å². The van der Waals surface area contributed by atoms with Gasteiger partial charge in [-0.1, -0.05) is 32.4 Å². The van der Waals surface area contributed by atoms with Crippen LogP contribution in [0, 0.1) is 23.2 Å². The summed E-state index contributed by atoms with van der Waals surface area (Å²) in [4.78, 5) is 25.1. The first-order valence-corrected chi connectivity index (χ1v) is 18.1. The lowest BCUT2D eigenvalue weighted by Crippen LogP contribution is -2.37. The number of hydrogen-bond acceptors (Lipinski definition) is 8. The van der Waals surface area contributed by atoms with Gasteiger partial charge in [-0.05, 0) is 126 Å². The van der Waals surface area contributed by atoms with Gasteiger partial charge in [0.25, 0.3) is 0 Å². The zero-order valence-electron chi connectivity index (χ0n) is 29.9. The minimum absolute atomic E-state index is 0.0308. The van der Waals surface area contributed by atoms with Crippen LogP contribution in [0.2, 0.25) is 0 Å². The molecule has 2 aliphatic carbocycles. The molecule has 1 saturated carbocycles. The lowest BCUT2D eigenvalue weighted by Gasteiger charge is -2.23. The molecule has 9 heteroatoms. The molecule has 4 rings (SSSR count). The van der Waals surface area contributed by atoms with Crippen LogP contribution < -0.4 is 10.1 Å². The van der Waals surface area contributed by atoms with Gasteiger partial charge < -0.3 is 19.5 Å². The summed E-state index contributed by atoms with van der Waals surface area (Å²) in [7, 11) is 1.96. The van der Waals surface area contributed by atoms with Crippen LogP contribution >= 0.6 is 0 Å². The number of Topliss-reactive ketones (excluding diaryl/α,β-unsaturated/α-hetero) is 1. The first-order chi connectivity index (χ1) is 22.5. The fraction of sp³-hybridized carbons (Fsp3) is 0.737.